The molecule has 2 heterocycles. The van der Waals surface area contributed by atoms with E-state index in [-0.39, 0.29) is 4.90 Å². The molecular weight excluding hydrogens is 547 g/mol. The van der Waals surface area contributed by atoms with Gasteiger partial charge in [-0.3, -0.25) is 4.79 Å². The second-order valence-electron chi connectivity index (χ2n) is 7.43. The molecule has 1 N–H and O–H groups in total. The van der Waals surface area contributed by atoms with Gasteiger partial charge < -0.3 is 14.5 Å². The summed E-state index contributed by atoms with van der Waals surface area (Å²) in [6, 6.07) is 8.18. The van der Waals surface area contributed by atoms with E-state index in [0.29, 0.717) is 33.9 Å². The standard InChI is InChI=1S/C22H25IN2O6S/c1-16-6-7-17(14-19(16)32(28,29)25-12-4-2-3-5-13-25)24-21(26)15-30-22(27)11-9-18-8-10-20(23)31-18/h6-11,14H,2-5,12-13,15H2,1H3,(H,24,26). The number of aryl methyl sites for hydroxylation is 1. The van der Waals surface area contributed by atoms with Crippen molar-refractivity contribution in [2.24, 2.45) is 0 Å². The van der Waals surface area contributed by atoms with Gasteiger partial charge in [-0.25, -0.2) is 13.2 Å². The number of nitrogens with zero attached hydrogens (tertiary/aromatic N) is 1. The van der Waals surface area contributed by atoms with Gasteiger partial charge in [0, 0.05) is 24.9 Å². The monoisotopic (exact) mass is 572 g/mol. The van der Waals surface area contributed by atoms with E-state index in [0.717, 1.165) is 25.7 Å². The third kappa shape index (κ3) is 6.66. The van der Waals surface area contributed by atoms with Gasteiger partial charge in [0.05, 0.1) is 4.90 Å². The van der Waals surface area contributed by atoms with E-state index < -0.39 is 28.5 Å². The van der Waals surface area contributed by atoms with Gasteiger partial charge in [0.2, 0.25) is 10.0 Å². The number of amides is 1. The SMILES string of the molecule is Cc1ccc(NC(=O)COC(=O)C=Cc2ccc(I)o2)cc1S(=O)(=O)N1CCCCCC1. The third-order valence-corrected chi connectivity index (χ3v) is 7.60. The van der Waals surface area contributed by atoms with E-state index >= 15 is 0 Å². The zero-order valence-corrected chi connectivity index (χ0v) is 20.6. The van der Waals surface area contributed by atoms with Crippen molar-refractivity contribution in [1.29, 1.82) is 0 Å². The van der Waals surface area contributed by atoms with Crippen LogP contribution in [0.1, 0.15) is 37.0 Å². The Morgan fingerprint density at radius 1 is 1.16 bits per heavy atom. The van der Waals surface area contributed by atoms with Crippen molar-refractivity contribution >= 4 is 56.3 Å². The summed E-state index contributed by atoms with van der Waals surface area (Å²) in [6.07, 6.45) is 6.34. The van der Waals surface area contributed by atoms with Gasteiger partial charge in [-0.15, -0.1) is 0 Å². The Hall–Kier alpha value is -2.18. The average molecular weight is 572 g/mol. The summed E-state index contributed by atoms with van der Waals surface area (Å²) in [5.41, 5.74) is 0.933. The highest BCUT2D eigenvalue weighted by Gasteiger charge is 2.27. The maximum absolute atomic E-state index is 13.1. The van der Waals surface area contributed by atoms with E-state index in [2.05, 4.69) is 5.32 Å². The predicted octanol–water partition coefficient (Wildman–Crippen LogP) is 3.95. The topological polar surface area (TPSA) is 106 Å². The summed E-state index contributed by atoms with van der Waals surface area (Å²) < 4.78 is 38.7. The first-order chi connectivity index (χ1) is 15.3. The van der Waals surface area contributed by atoms with Crippen LogP contribution in [0.15, 0.2) is 45.7 Å². The van der Waals surface area contributed by atoms with E-state index in [9.17, 15) is 18.0 Å². The zero-order chi connectivity index (χ0) is 23.1. The second kappa shape index (κ2) is 11.1. The molecule has 172 valence electrons. The van der Waals surface area contributed by atoms with Crippen LogP contribution in [0, 0.1) is 10.7 Å². The average Bonchev–Trinajstić information content (AvgIpc) is 2.99. The number of ether oxygens (including phenoxy) is 1. The Kier molecular flexibility index (Phi) is 8.49. The lowest BCUT2D eigenvalue weighted by atomic mass is 10.2. The molecule has 0 saturated carbocycles. The fourth-order valence-corrected chi connectivity index (χ4v) is 5.53. The number of esters is 1. The van der Waals surface area contributed by atoms with Crippen LogP contribution in [-0.4, -0.2) is 44.3 Å². The second-order valence-corrected chi connectivity index (χ2v) is 10.4. The molecule has 10 heteroatoms. The summed E-state index contributed by atoms with van der Waals surface area (Å²) >= 11 is 2.01. The minimum absolute atomic E-state index is 0.171. The lowest BCUT2D eigenvalue weighted by Crippen LogP contribution is -2.32. The summed E-state index contributed by atoms with van der Waals surface area (Å²) in [5.74, 6) is -0.769. The maximum atomic E-state index is 13.1. The lowest BCUT2D eigenvalue weighted by Gasteiger charge is -2.21. The van der Waals surface area contributed by atoms with Crippen molar-refractivity contribution in [3.63, 3.8) is 0 Å². The van der Waals surface area contributed by atoms with Crippen LogP contribution in [-0.2, 0) is 24.3 Å². The predicted molar refractivity (Wildman–Crippen MR) is 128 cm³/mol. The number of carbonyl (C=O) groups is 2. The van der Waals surface area contributed by atoms with Crippen molar-refractivity contribution < 1.29 is 27.2 Å². The first kappa shape index (κ1) is 24.5. The van der Waals surface area contributed by atoms with Crippen molar-refractivity contribution in [3.05, 3.63) is 51.5 Å². The van der Waals surface area contributed by atoms with Crippen molar-refractivity contribution in [2.75, 3.05) is 25.0 Å². The zero-order valence-electron chi connectivity index (χ0n) is 17.7. The van der Waals surface area contributed by atoms with Crippen LogP contribution >= 0.6 is 22.6 Å². The minimum atomic E-state index is -3.65. The number of anilines is 1. The first-order valence-electron chi connectivity index (χ1n) is 10.3. The van der Waals surface area contributed by atoms with E-state index in [1.807, 2.05) is 22.6 Å². The van der Waals surface area contributed by atoms with Gasteiger partial charge in [-0.1, -0.05) is 18.9 Å². The van der Waals surface area contributed by atoms with Gasteiger partial charge in [0.15, 0.2) is 10.4 Å². The number of benzene rings is 1. The fourth-order valence-electron chi connectivity index (χ4n) is 3.33. The minimum Gasteiger partial charge on any atom is -0.452 e. The normalized spacial score (nSPS) is 15.4. The molecular formula is C22H25IN2O6S. The van der Waals surface area contributed by atoms with Gasteiger partial charge in [-0.05, 0) is 78.3 Å². The van der Waals surface area contributed by atoms with Crippen LogP contribution in [0.4, 0.5) is 5.69 Å². The molecule has 1 amide bonds. The van der Waals surface area contributed by atoms with Crippen LogP contribution in [0.2, 0.25) is 0 Å². The molecule has 8 nitrogen and oxygen atoms in total. The number of hydrogen-bond donors (Lipinski definition) is 1. The van der Waals surface area contributed by atoms with E-state index in [1.54, 1.807) is 31.2 Å². The number of hydrogen-bond acceptors (Lipinski definition) is 6. The largest absolute Gasteiger partial charge is 0.452 e. The molecule has 0 unspecified atom stereocenters. The Balaban J connectivity index is 1.60. The Labute approximate surface area is 201 Å². The van der Waals surface area contributed by atoms with Gasteiger partial charge >= 0.3 is 5.97 Å². The molecule has 1 saturated heterocycles. The molecule has 2 aromatic rings. The fraction of sp³-hybridized carbons (Fsp3) is 0.364. The molecule has 32 heavy (non-hydrogen) atoms. The quantitative estimate of drug-likeness (QED) is 0.306. The molecule has 0 spiro atoms. The number of rotatable bonds is 7. The van der Waals surface area contributed by atoms with Gasteiger partial charge in [-0.2, -0.15) is 4.31 Å². The highest BCUT2D eigenvalue weighted by atomic mass is 127. The molecule has 0 aliphatic carbocycles. The highest BCUT2D eigenvalue weighted by Crippen LogP contribution is 2.25. The third-order valence-electron chi connectivity index (χ3n) is 4.98. The number of carbonyl (C=O) groups excluding carboxylic acids is 2. The molecule has 1 aliphatic heterocycles. The summed E-state index contributed by atoms with van der Waals surface area (Å²) in [5, 5.41) is 2.59. The molecule has 1 aliphatic rings. The molecule has 1 fully saturated rings. The number of halogens is 1. The van der Waals surface area contributed by atoms with Gasteiger partial charge in [0.25, 0.3) is 5.91 Å². The van der Waals surface area contributed by atoms with Gasteiger partial charge in [0.1, 0.15) is 5.76 Å². The van der Waals surface area contributed by atoms with E-state index in [1.165, 1.54) is 22.5 Å². The number of nitrogens with one attached hydrogen (secondary N) is 1. The number of furan rings is 1. The Morgan fingerprint density at radius 2 is 1.88 bits per heavy atom. The van der Waals surface area contributed by atoms with Crippen LogP contribution < -0.4 is 5.32 Å². The maximum Gasteiger partial charge on any atom is 0.331 e. The highest BCUT2D eigenvalue weighted by molar-refractivity contribution is 14.1. The molecule has 0 radical (unpaired) electrons. The van der Waals surface area contributed by atoms with Crippen LogP contribution in [0.25, 0.3) is 6.08 Å². The smallest absolute Gasteiger partial charge is 0.331 e. The Bertz CT molecular complexity index is 1100. The molecule has 0 bridgehead atoms. The van der Waals surface area contributed by atoms with Crippen molar-refractivity contribution in [1.82, 2.24) is 4.31 Å². The lowest BCUT2D eigenvalue weighted by molar-refractivity contribution is -0.142. The van der Waals surface area contributed by atoms with Crippen LogP contribution in [0.5, 0.6) is 0 Å². The molecule has 3 rings (SSSR count). The number of sulfonamides is 1. The van der Waals surface area contributed by atoms with Crippen molar-refractivity contribution in [3.8, 4) is 0 Å². The summed E-state index contributed by atoms with van der Waals surface area (Å²) in [6.45, 7) is 2.23. The summed E-state index contributed by atoms with van der Waals surface area (Å²) in [4.78, 5) is 24.2. The first-order valence-corrected chi connectivity index (χ1v) is 12.8. The Morgan fingerprint density at radius 3 is 2.53 bits per heavy atom. The molecule has 1 aromatic heterocycles. The molecule has 0 atom stereocenters. The summed E-state index contributed by atoms with van der Waals surface area (Å²) in [7, 11) is -3.65. The van der Waals surface area contributed by atoms with Crippen LogP contribution in [0.3, 0.4) is 0 Å². The molecule has 1 aromatic carbocycles. The van der Waals surface area contributed by atoms with Crippen molar-refractivity contribution in [2.45, 2.75) is 37.5 Å². The van der Waals surface area contributed by atoms with E-state index in [4.69, 9.17) is 9.15 Å².